The maximum atomic E-state index is 13.6. The Labute approximate surface area is 258 Å². The molecule has 1 unspecified atom stereocenters. The molecule has 10 nitrogen and oxygen atoms in total. The summed E-state index contributed by atoms with van der Waals surface area (Å²) in [5.74, 6) is 0.429. The van der Waals surface area contributed by atoms with Crippen molar-refractivity contribution in [3.05, 3.63) is 51.2 Å². The molecule has 1 aliphatic carbocycles. The summed E-state index contributed by atoms with van der Waals surface area (Å²) in [6, 6.07) is 10.8. The normalized spacial score (nSPS) is 18.6. The van der Waals surface area contributed by atoms with Gasteiger partial charge in [-0.25, -0.2) is 9.79 Å². The van der Waals surface area contributed by atoms with E-state index in [0.29, 0.717) is 56.5 Å². The van der Waals surface area contributed by atoms with Crippen molar-refractivity contribution in [1.29, 1.82) is 0 Å². The summed E-state index contributed by atoms with van der Waals surface area (Å²) in [5.41, 5.74) is 15.8. The van der Waals surface area contributed by atoms with Crippen molar-refractivity contribution in [2.75, 3.05) is 38.0 Å². The van der Waals surface area contributed by atoms with Crippen LogP contribution in [0.2, 0.25) is 0 Å². The van der Waals surface area contributed by atoms with Gasteiger partial charge < -0.3 is 31.7 Å². The SMILES string of the molecule is CCCN(CCCNC(=O)OC1CCC1)C(=O)C1=Cc2sc(CN3CCC(Nc4ccc(CN)cc4)C3)cc2N=C(N)C1. The first kappa shape index (κ1) is 31.0. The van der Waals surface area contributed by atoms with Gasteiger partial charge in [0.1, 0.15) is 11.9 Å². The Hall–Kier alpha value is -3.41. The van der Waals surface area contributed by atoms with Crippen LogP contribution in [0, 0.1) is 0 Å². The molecular formula is C32H45N7O3S. The molecule has 0 bridgehead atoms. The third-order valence-electron chi connectivity index (χ3n) is 8.20. The number of ether oxygens (including phenoxy) is 1. The lowest BCUT2D eigenvalue weighted by atomic mass is 9.96. The number of nitrogens with zero attached hydrogens (tertiary/aromatic N) is 3. The number of carbonyl (C=O) groups is 2. The second kappa shape index (κ2) is 14.9. The number of nitrogens with one attached hydrogen (secondary N) is 2. The average molecular weight is 608 g/mol. The van der Waals surface area contributed by atoms with Crippen LogP contribution in [0.3, 0.4) is 0 Å². The lowest BCUT2D eigenvalue weighted by Crippen LogP contribution is -2.37. The van der Waals surface area contributed by atoms with Crippen molar-refractivity contribution in [2.45, 2.75) is 77.1 Å². The van der Waals surface area contributed by atoms with Gasteiger partial charge in [0.2, 0.25) is 5.91 Å². The van der Waals surface area contributed by atoms with Crippen LogP contribution in [0.4, 0.5) is 16.2 Å². The first-order valence-corrected chi connectivity index (χ1v) is 16.4. The quantitative estimate of drug-likeness (QED) is 0.245. The van der Waals surface area contributed by atoms with Gasteiger partial charge in [0.25, 0.3) is 0 Å². The summed E-state index contributed by atoms with van der Waals surface area (Å²) >= 11 is 1.68. The fourth-order valence-electron chi connectivity index (χ4n) is 5.67. The number of nitrogens with two attached hydrogens (primary N) is 2. The monoisotopic (exact) mass is 607 g/mol. The molecule has 1 atom stereocenters. The molecular weight excluding hydrogens is 562 g/mol. The van der Waals surface area contributed by atoms with Crippen molar-refractivity contribution < 1.29 is 14.3 Å². The molecule has 11 heteroatoms. The van der Waals surface area contributed by atoms with Gasteiger partial charge >= 0.3 is 6.09 Å². The van der Waals surface area contributed by atoms with E-state index < -0.39 is 0 Å². The predicted octanol–water partition coefficient (Wildman–Crippen LogP) is 4.58. The van der Waals surface area contributed by atoms with Gasteiger partial charge in [-0.1, -0.05) is 19.1 Å². The Bertz CT molecular complexity index is 1320. The molecule has 232 valence electrons. The lowest BCUT2D eigenvalue weighted by molar-refractivity contribution is -0.127. The predicted molar refractivity (Wildman–Crippen MR) is 173 cm³/mol. The highest BCUT2D eigenvalue weighted by atomic mass is 32.1. The van der Waals surface area contributed by atoms with Crippen molar-refractivity contribution in [1.82, 2.24) is 15.1 Å². The zero-order chi connectivity index (χ0) is 30.2. The second-order valence-corrected chi connectivity index (χ2v) is 12.9. The van der Waals surface area contributed by atoms with E-state index in [4.69, 9.17) is 16.2 Å². The Morgan fingerprint density at radius 2 is 2.00 bits per heavy atom. The molecule has 1 saturated carbocycles. The van der Waals surface area contributed by atoms with Crippen LogP contribution in [-0.2, 0) is 22.6 Å². The van der Waals surface area contributed by atoms with Crippen molar-refractivity contribution in [3.63, 3.8) is 0 Å². The highest BCUT2D eigenvalue weighted by Crippen LogP contribution is 2.36. The van der Waals surface area contributed by atoms with Crippen molar-refractivity contribution >= 4 is 46.6 Å². The fraction of sp³-hybridized carbons (Fsp3) is 0.531. The fourth-order valence-corrected chi connectivity index (χ4v) is 6.78. The van der Waals surface area contributed by atoms with Crippen LogP contribution in [0.1, 0.15) is 67.2 Å². The molecule has 2 fully saturated rings. The first-order chi connectivity index (χ1) is 20.9. The summed E-state index contributed by atoms with van der Waals surface area (Å²) in [5, 5.41) is 6.47. The highest BCUT2D eigenvalue weighted by Gasteiger charge is 2.26. The zero-order valence-corrected chi connectivity index (χ0v) is 26.0. The molecule has 6 N–H and O–H groups in total. The topological polar surface area (TPSA) is 138 Å². The highest BCUT2D eigenvalue weighted by molar-refractivity contribution is 7.13. The van der Waals surface area contributed by atoms with E-state index in [-0.39, 0.29) is 18.1 Å². The number of benzene rings is 1. The summed E-state index contributed by atoms with van der Waals surface area (Å²) < 4.78 is 5.35. The molecule has 0 radical (unpaired) electrons. The third-order valence-corrected chi connectivity index (χ3v) is 9.26. The van der Waals surface area contributed by atoms with E-state index in [1.165, 1.54) is 4.88 Å². The number of carbonyl (C=O) groups excluding carboxylic acids is 2. The number of anilines is 1. The largest absolute Gasteiger partial charge is 0.446 e. The van der Waals surface area contributed by atoms with Crippen LogP contribution in [0.15, 0.2) is 40.9 Å². The summed E-state index contributed by atoms with van der Waals surface area (Å²) in [4.78, 5) is 36.8. The van der Waals surface area contributed by atoms with Gasteiger partial charge in [-0.15, -0.1) is 11.3 Å². The molecule has 2 amide bonds. The molecule has 0 spiro atoms. The molecule has 3 heterocycles. The third kappa shape index (κ3) is 8.58. The summed E-state index contributed by atoms with van der Waals surface area (Å²) in [6.07, 6.45) is 7.59. The number of rotatable bonds is 13. The maximum Gasteiger partial charge on any atom is 0.407 e. The van der Waals surface area contributed by atoms with E-state index in [2.05, 4.69) is 57.8 Å². The standard InChI is InChI=1S/C32H45N7O3S/c1-2-13-39(14-4-12-35-32(41)42-26-5-3-6-26)31(40)23-16-29-28(37-30(34)17-23)18-27(43-29)21-38-15-11-25(20-38)36-24-9-7-22(19-33)8-10-24/h7-10,16,18,25-26,36H,2-6,11-15,17,19-21,33H2,1H3,(H2,34,37)(H,35,41). The Kier molecular flexibility index (Phi) is 10.7. The Morgan fingerprint density at radius 1 is 1.19 bits per heavy atom. The molecule has 1 aromatic heterocycles. The lowest BCUT2D eigenvalue weighted by Gasteiger charge is -2.25. The molecule has 5 rings (SSSR count). The van der Waals surface area contributed by atoms with Crippen LogP contribution in [-0.4, -0.2) is 72.5 Å². The molecule has 2 aliphatic heterocycles. The van der Waals surface area contributed by atoms with Crippen molar-refractivity contribution in [3.8, 4) is 0 Å². The van der Waals surface area contributed by atoms with Crippen molar-refractivity contribution in [2.24, 2.45) is 16.5 Å². The number of alkyl carbamates (subject to hydrolysis) is 1. The van der Waals surface area contributed by atoms with Gasteiger partial charge in [0.15, 0.2) is 0 Å². The number of hydrogen-bond donors (Lipinski definition) is 4. The summed E-state index contributed by atoms with van der Waals surface area (Å²) in [6.45, 7) is 7.09. The molecule has 1 aromatic carbocycles. The van der Waals surface area contributed by atoms with Crippen LogP contribution in [0.5, 0.6) is 0 Å². The van der Waals surface area contributed by atoms with Gasteiger partial charge in [-0.2, -0.15) is 0 Å². The molecule has 3 aliphatic rings. The van der Waals surface area contributed by atoms with Gasteiger partial charge in [0, 0.05) is 74.4 Å². The molecule has 43 heavy (non-hydrogen) atoms. The Balaban J connectivity index is 1.16. The van der Waals surface area contributed by atoms with E-state index in [0.717, 1.165) is 73.6 Å². The number of likely N-dealkylation sites (tertiary alicyclic amines) is 1. The van der Waals surface area contributed by atoms with Crippen LogP contribution >= 0.6 is 11.3 Å². The van der Waals surface area contributed by atoms with E-state index >= 15 is 0 Å². The minimum Gasteiger partial charge on any atom is -0.446 e. The maximum absolute atomic E-state index is 13.6. The number of amides is 2. The number of amidine groups is 1. The summed E-state index contributed by atoms with van der Waals surface area (Å²) in [7, 11) is 0. The number of hydrogen-bond acceptors (Lipinski definition) is 9. The van der Waals surface area contributed by atoms with Gasteiger partial charge in [-0.05, 0) is 68.4 Å². The Morgan fingerprint density at radius 3 is 2.72 bits per heavy atom. The zero-order valence-electron chi connectivity index (χ0n) is 25.1. The molecule has 1 saturated heterocycles. The van der Waals surface area contributed by atoms with Crippen LogP contribution < -0.4 is 22.1 Å². The second-order valence-electron chi connectivity index (χ2n) is 11.7. The van der Waals surface area contributed by atoms with Gasteiger partial charge in [-0.3, -0.25) is 9.69 Å². The minimum absolute atomic E-state index is 0.0206. The van der Waals surface area contributed by atoms with E-state index in [9.17, 15) is 9.59 Å². The average Bonchev–Trinajstić information content (AvgIpc) is 3.53. The first-order valence-electron chi connectivity index (χ1n) is 15.6. The number of fused-ring (bicyclic) bond motifs is 1. The van der Waals surface area contributed by atoms with E-state index in [1.807, 2.05) is 11.0 Å². The molecule has 2 aromatic rings. The number of thiophene rings is 1. The smallest absolute Gasteiger partial charge is 0.407 e. The van der Waals surface area contributed by atoms with Crippen LogP contribution in [0.25, 0.3) is 6.08 Å². The number of aliphatic imine (C=N–C) groups is 1. The van der Waals surface area contributed by atoms with Gasteiger partial charge in [0.05, 0.1) is 10.6 Å². The van der Waals surface area contributed by atoms with E-state index in [1.54, 1.807) is 11.3 Å². The minimum atomic E-state index is -0.368.